The van der Waals surface area contributed by atoms with E-state index in [1.807, 2.05) is 6.07 Å². The molecular formula is C15H10BrFN2O2. The molecular weight excluding hydrogens is 339 g/mol. The van der Waals surface area contributed by atoms with Gasteiger partial charge in [0, 0.05) is 5.69 Å². The van der Waals surface area contributed by atoms with Crippen molar-refractivity contribution >= 4 is 27.5 Å². The molecule has 2 rings (SSSR count). The second-order valence-electron chi connectivity index (χ2n) is 4.10. The number of nitriles is 1. The highest BCUT2D eigenvalue weighted by atomic mass is 79.9. The zero-order valence-corrected chi connectivity index (χ0v) is 12.4. The molecule has 0 aromatic heterocycles. The zero-order valence-electron chi connectivity index (χ0n) is 10.8. The number of rotatable bonds is 4. The maximum Gasteiger partial charge on any atom is 0.262 e. The molecule has 2 aromatic carbocycles. The Labute approximate surface area is 129 Å². The average Bonchev–Trinajstić information content (AvgIpc) is 2.49. The summed E-state index contributed by atoms with van der Waals surface area (Å²) in [6, 6.07) is 12.6. The second-order valence-corrected chi connectivity index (χ2v) is 4.96. The zero-order chi connectivity index (χ0) is 15.2. The molecule has 0 heterocycles. The van der Waals surface area contributed by atoms with Gasteiger partial charge in [-0.25, -0.2) is 4.39 Å². The molecule has 2 aromatic rings. The lowest BCUT2D eigenvalue weighted by Gasteiger charge is -2.08. The number of ether oxygens (including phenoxy) is 1. The van der Waals surface area contributed by atoms with E-state index in [0.717, 1.165) is 0 Å². The summed E-state index contributed by atoms with van der Waals surface area (Å²) >= 11 is 3.04. The first-order valence-electron chi connectivity index (χ1n) is 5.96. The lowest BCUT2D eigenvalue weighted by atomic mass is 10.2. The fraction of sp³-hybridized carbons (Fsp3) is 0.0667. The molecule has 0 spiro atoms. The molecule has 1 amide bonds. The van der Waals surface area contributed by atoms with Gasteiger partial charge in [-0.15, -0.1) is 0 Å². The van der Waals surface area contributed by atoms with Crippen LogP contribution in [-0.2, 0) is 4.79 Å². The number of halogens is 2. The van der Waals surface area contributed by atoms with Crippen molar-refractivity contribution < 1.29 is 13.9 Å². The van der Waals surface area contributed by atoms with Gasteiger partial charge in [0.1, 0.15) is 11.6 Å². The predicted octanol–water partition coefficient (Wildman–Crippen LogP) is 3.48. The van der Waals surface area contributed by atoms with E-state index in [4.69, 9.17) is 10.00 Å². The quantitative estimate of drug-likeness (QED) is 0.919. The van der Waals surface area contributed by atoms with Crippen LogP contribution in [0.1, 0.15) is 5.56 Å². The Bertz CT molecular complexity index is 696. The number of carbonyl (C=O) groups is 1. The third-order valence-corrected chi connectivity index (χ3v) is 3.16. The molecule has 0 aliphatic rings. The van der Waals surface area contributed by atoms with Crippen LogP contribution in [0, 0.1) is 17.1 Å². The van der Waals surface area contributed by atoms with E-state index in [1.54, 1.807) is 24.3 Å². The van der Waals surface area contributed by atoms with Crippen molar-refractivity contribution in [2.45, 2.75) is 0 Å². The van der Waals surface area contributed by atoms with Crippen molar-refractivity contribution in [1.29, 1.82) is 5.26 Å². The van der Waals surface area contributed by atoms with Crippen LogP contribution in [0.3, 0.4) is 0 Å². The highest BCUT2D eigenvalue weighted by molar-refractivity contribution is 9.10. The van der Waals surface area contributed by atoms with E-state index in [-0.39, 0.29) is 17.0 Å². The first-order valence-corrected chi connectivity index (χ1v) is 6.75. The van der Waals surface area contributed by atoms with Crippen molar-refractivity contribution in [2.75, 3.05) is 11.9 Å². The monoisotopic (exact) mass is 348 g/mol. The van der Waals surface area contributed by atoms with Crippen LogP contribution in [-0.4, -0.2) is 12.5 Å². The van der Waals surface area contributed by atoms with Gasteiger partial charge in [-0.3, -0.25) is 4.79 Å². The molecule has 21 heavy (non-hydrogen) atoms. The Balaban J connectivity index is 1.89. The maximum atomic E-state index is 13.1. The van der Waals surface area contributed by atoms with Crippen LogP contribution >= 0.6 is 15.9 Å². The van der Waals surface area contributed by atoms with Gasteiger partial charge in [-0.05, 0) is 58.4 Å². The van der Waals surface area contributed by atoms with Gasteiger partial charge >= 0.3 is 0 Å². The highest BCUT2D eigenvalue weighted by Gasteiger charge is 2.06. The first kappa shape index (κ1) is 15.0. The SMILES string of the molecule is N#Cc1ccc(OCC(=O)Nc2ccc(F)c(Br)c2)cc1. The Morgan fingerprint density at radius 3 is 2.62 bits per heavy atom. The average molecular weight is 349 g/mol. The van der Waals surface area contributed by atoms with Gasteiger partial charge in [-0.1, -0.05) is 0 Å². The summed E-state index contributed by atoms with van der Waals surface area (Å²) in [5, 5.41) is 11.3. The van der Waals surface area contributed by atoms with E-state index in [9.17, 15) is 9.18 Å². The fourth-order valence-corrected chi connectivity index (χ4v) is 1.92. The molecule has 0 saturated heterocycles. The first-order chi connectivity index (χ1) is 10.1. The van der Waals surface area contributed by atoms with Crippen molar-refractivity contribution in [2.24, 2.45) is 0 Å². The minimum atomic E-state index is -0.401. The lowest BCUT2D eigenvalue weighted by molar-refractivity contribution is -0.118. The molecule has 1 N–H and O–H groups in total. The number of carbonyl (C=O) groups excluding carboxylic acids is 1. The molecule has 0 bridgehead atoms. The number of hydrogen-bond acceptors (Lipinski definition) is 3. The highest BCUT2D eigenvalue weighted by Crippen LogP contribution is 2.20. The van der Waals surface area contributed by atoms with E-state index < -0.39 is 5.82 Å². The van der Waals surface area contributed by atoms with Gasteiger partial charge in [-0.2, -0.15) is 5.26 Å². The van der Waals surface area contributed by atoms with Crippen LogP contribution in [0.4, 0.5) is 10.1 Å². The van der Waals surface area contributed by atoms with Gasteiger partial charge in [0.05, 0.1) is 16.1 Å². The second kappa shape index (κ2) is 6.86. The Morgan fingerprint density at radius 1 is 1.29 bits per heavy atom. The maximum absolute atomic E-state index is 13.1. The number of hydrogen-bond donors (Lipinski definition) is 1. The van der Waals surface area contributed by atoms with Gasteiger partial charge in [0.15, 0.2) is 6.61 Å². The Hall–Kier alpha value is -2.39. The Kier molecular flexibility index (Phi) is 4.90. The van der Waals surface area contributed by atoms with Crippen molar-refractivity contribution in [3.63, 3.8) is 0 Å². The van der Waals surface area contributed by atoms with Crippen LogP contribution in [0.2, 0.25) is 0 Å². The van der Waals surface area contributed by atoms with Crippen molar-refractivity contribution in [3.05, 3.63) is 58.3 Å². The van der Waals surface area contributed by atoms with Crippen LogP contribution in [0.5, 0.6) is 5.75 Å². The number of amides is 1. The topological polar surface area (TPSA) is 62.1 Å². The van der Waals surface area contributed by atoms with Gasteiger partial charge in [0.2, 0.25) is 0 Å². The molecule has 0 aliphatic carbocycles. The summed E-state index contributed by atoms with van der Waals surface area (Å²) in [6.45, 7) is -0.180. The molecule has 0 radical (unpaired) electrons. The van der Waals surface area contributed by atoms with Crippen LogP contribution < -0.4 is 10.1 Å². The molecule has 0 fully saturated rings. The number of benzene rings is 2. The van der Waals surface area contributed by atoms with Gasteiger partial charge in [0.25, 0.3) is 5.91 Å². The molecule has 6 heteroatoms. The van der Waals surface area contributed by atoms with E-state index >= 15 is 0 Å². The summed E-state index contributed by atoms with van der Waals surface area (Å²) in [4.78, 5) is 11.7. The van der Waals surface area contributed by atoms with Crippen molar-refractivity contribution in [3.8, 4) is 11.8 Å². The Morgan fingerprint density at radius 2 is 2.00 bits per heavy atom. The normalized spacial score (nSPS) is 9.76. The fourth-order valence-electron chi connectivity index (χ4n) is 1.55. The minimum Gasteiger partial charge on any atom is -0.484 e. The predicted molar refractivity (Wildman–Crippen MR) is 79.4 cm³/mol. The van der Waals surface area contributed by atoms with Crippen LogP contribution in [0.25, 0.3) is 0 Å². The summed E-state index contributed by atoms with van der Waals surface area (Å²) < 4.78 is 18.6. The van der Waals surface area contributed by atoms with E-state index in [2.05, 4.69) is 21.2 Å². The lowest BCUT2D eigenvalue weighted by Crippen LogP contribution is -2.20. The molecule has 4 nitrogen and oxygen atoms in total. The molecule has 0 atom stereocenters. The largest absolute Gasteiger partial charge is 0.484 e. The standard InChI is InChI=1S/C15H10BrFN2O2/c16-13-7-11(3-6-14(13)17)19-15(20)9-21-12-4-1-10(8-18)2-5-12/h1-7H,9H2,(H,19,20). The molecule has 0 saturated carbocycles. The third kappa shape index (κ3) is 4.29. The van der Waals surface area contributed by atoms with Gasteiger partial charge < -0.3 is 10.1 Å². The minimum absolute atomic E-state index is 0.180. The van der Waals surface area contributed by atoms with E-state index in [0.29, 0.717) is 17.0 Å². The summed E-state index contributed by atoms with van der Waals surface area (Å²) in [5.41, 5.74) is 0.986. The van der Waals surface area contributed by atoms with Crippen molar-refractivity contribution in [1.82, 2.24) is 0 Å². The number of nitrogens with one attached hydrogen (secondary N) is 1. The molecule has 0 aliphatic heterocycles. The van der Waals surface area contributed by atoms with Crippen LogP contribution in [0.15, 0.2) is 46.9 Å². The molecule has 0 unspecified atom stereocenters. The summed E-state index contributed by atoms with van der Waals surface area (Å²) in [6.07, 6.45) is 0. The van der Waals surface area contributed by atoms with E-state index in [1.165, 1.54) is 18.2 Å². The smallest absolute Gasteiger partial charge is 0.262 e. The third-order valence-electron chi connectivity index (χ3n) is 2.56. The number of nitrogens with zero attached hydrogens (tertiary/aromatic N) is 1. The summed E-state index contributed by atoms with van der Waals surface area (Å²) in [7, 11) is 0. The number of anilines is 1. The molecule has 106 valence electrons. The summed E-state index contributed by atoms with van der Waals surface area (Å²) in [5.74, 6) is -0.274.